The van der Waals surface area contributed by atoms with Crippen LogP contribution in [0.15, 0.2) is 65.6 Å². The largest absolute Gasteiger partial charge is 0.495 e. The second kappa shape index (κ2) is 7.83. The molecule has 2 aromatic carbocycles. The van der Waals surface area contributed by atoms with Gasteiger partial charge in [-0.05, 0) is 36.8 Å². The van der Waals surface area contributed by atoms with Crippen LogP contribution in [0.1, 0.15) is 33.9 Å². The molecule has 3 aromatic rings. The molecule has 4 rings (SSSR count). The molecule has 1 atom stereocenters. The van der Waals surface area contributed by atoms with Gasteiger partial charge in [-0.2, -0.15) is 0 Å². The van der Waals surface area contributed by atoms with E-state index in [0.717, 1.165) is 11.3 Å². The first-order chi connectivity index (χ1) is 14.1. The number of hydrogen-bond donors (Lipinski definition) is 1. The van der Waals surface area contributed by atoms with Crippen LogP contribution in [0.5, 0.6) is 11.5 Å². The number of hydrogen-bond acceptors (Lipinski definition) is 4. The van der Waals surface area contributed by atoms with Gasteiger partial charge in [0, 0.05) is 18.2 Å². The first kappa shape index (κ1) is 18.8. The highest BCUT2D eigenvalue weighted by Gasteiger charge is 2.25. The van der Waals surface area contributed by atoms with Crippen molar-refractivity contribution >= 4 is 5.91 Å². The minimum Gasteiger partial charge on any atom is -0.495 e. The van der Waals surface area contributed by atoms with E-state index in [9.17, 15) is 9.59 Å². The number of aromatic nitrogens is 1. The van der Waals surface area contributed by atoms with Crippen molar-refractivity contribution in [1.82, 2.24) is 9.88 Å². The minimum atomic E-state index is -0.390. The summed E-state index contributed by atoms with van der Waals surface area (Å²) in [6.45, 7) is 2.28. The average molecular weight is 390 g/mol. The SMILES string of the molecule is COc1ccccc1-n1ccc(C)c(C(=O)NC2CCOc3ccccc32)c1=O. The van der Waals surface area contributed by atoms with E-state index in [0.29, 0.717) is 30.0 Å². The van der Waals surface area contributed by atoms with E-state index >= 15 is 0 Å². The van der Waals surface area contributed by atoms with Crippen molar-refractivity contribution in [3.8, 4) is 17.2 Å². The summed E-state index contributed by atoms with van der Waals surface area (Å²) in [6, 6.07) is 16.4. The Morgan fingerprint density at radius 1 is 1.14 bits per heavy atom. The van der Waals surface area contributed by atoms with E-state index in [1.165, 1.54) is 4.57 Å². The van der Waals surface area contributed by atoms with Crippen molar-refractivity contribution in [2.24, 2.45) is 0 Å². The van der Waals surface area contributed by atoms with Crippen LogP contribution in [0.25, 0.3) is 5.69 Å². The zero-order valence-electron chi connectivity index (χ0n) is 16.3. The molecule has 0 saturated carbocycles. The Kier molecular flexibility index (Phi) is 5.08. The van der Waals surface area contributed by atoms with Gasteiger partial charge in [-0.3, -0.25) is 14.2 Å². The van der Waals surface area contributed by atoms with E-state index in [4.69, 9.17) is 9.47 Å². The number of nitrogens with zero attached hydrogens (tertiary/aromatic N) is 1. The molecule has 148 valence electrons. The number of methoxy groups -OCH3 is 1. The summed E-state index contributed by atoms with van der Waals surface area (Å²) in [5.41, 5.74) is 1.88. The fourth-order valence-corrected chi connectivity index (χ4v) is 3.64. The molecule has 1 aromatic heterocycles. The number of ether oxygens (including phenoxy) is 2. The molecule has 1 amide bonds. The second-order valence-electron chi connectivity index (χ2n) is 6.92. The molecule has 0 bridgehead atoms. The quantitative estimate of drug-likeness (QED) is 0.741. The molecule has 2 heterocycles. The van der Waals surface area contributed by atoms with Gasteiger partial charge in [0.25, 0.3) is 11.5 Å². The lowest BCUT2D eigenvalue weighted by Crippen LogP contribution is -2.37. The highest BCUT2D eigenvalue weighted by molar-refractivity contribution is 5.95. The maximum Gasteiger partial charge on any atom is 0.268 e. The molecule has 0 radical (unpaired) electrons. The fraction of sp³-hybridized carbons (Fsp3) is 0.217. The third kappa shape index (κ3) is 3.49. The molecular formula is C23H22N2O4. The van der Waals surface area contributed by atoms with Gasteiger partial charge in [-0.25, -0.2) is 0 Å². The van der Waals surface area contributed by atoms with E-state index in [-0.39, 0.29) is 17.2 Å². The van der Waals surface area contributed by atoms with Crippen LogP contribution in [0, 0.1) is 6.92 Å². The molecule has 6 heteroatoms. The van der Waals surface area contributed by atoms with Crippen LogP contribution in [-0.4, -0.2) is 24.2 Å². The first-order valence-electron chi connectivity index (χ1n) is 9.48. The predicted molar refractivity (Wildman–Crippen MR) is 110 cm³/mol. The Bertz CT molecular complexity index is 1120. The summed E-state index contributed by atoms with van der Waals surface area (Å²) in [5.74, 6) is 0.932. The van der Waals surface area contributed by atoms with Gasteiger partial charge in [0.05, 0.1) is 25.4 Å². The van der Waals surface area contributed by atoms with Crippen LogP contribution < -0.4 is 20.3 Å². The summed E-state index contributed by atoms with van der Waals surface area (Å²) in [4.78, 5) is 26.3. The second-order valence-corrected chi connectivity index (χ2v) is 6.92. The molecule has 1 aliphatic rings. The Labute approximate surface area is 168 Å². The van der Waals surface area contributed by atoms with Crippen molar-refractivity contribution in [2.45, 2.75) is 19.4 Å². The highest BCUT2D eigenvalue weighted by atomic mass is 16.5. The number of carbonyl (C=O) groups excluding carboxylic acids is 1. The fourth-order valence-electron chi connectivity index (χ4n) is 3.64. The topological polar surface area (TPSA) is 69.6 Å². The van der Waals surface area contributed by atoms with Gasteiger partial charge in [0.2, 0.25) is 0 Å². The summed E-state index contributed by atoms with van der Waals surface area (Å²) in [5, 5.41) is 3.02. The molecule has 0 fully saturated rings. The van der Waals surface area contributed by atoms with Crippen LogP contribution in [0.3, 0.4) is 0 Å². The third-order valence-electron chi connectivity index (χ3n) is 5.14. The molecule has 1 N–H and O–H groups in total. The first-order valence-corrected chi connectivity index (χ1v) is 9.48. The van der Waals surface area contributed by atoms with Crippen molar-refractivity contribution in [1.29, 1.82) is 0 Å². The van der Waals surface area contributed by atoms with Crippen LogP contribution in [0.4, 0.5) is 0 Å². The predicted octanol–water partition coefficient (Wildman–Crippen LogP) is 3.41. The molecule has 6 nitrogen and oxygen atoms in total. The highest BCUT2D eigenvalue weighted by Crippen LogP contribution is 2.31. The minimum absolute atomic E-state index is 0.127. The molecule has 1 aliphatic heterocycles. The zero-order chi connectivity index (χ0) is 20.4. The number of nitrogens with one attached hydrogen (secondary N) is 1. The summed E-state index contributed by atoms with van der Waals surface area (Å²) in [7, 11) is 1.55. The number of amides is 1. The lowest BCUT2D eigenvalue weighted by Gasteiger charge is -2.26. The smallest absolute Gasteiger partial charge is 0.268 e. The summed E-state index contributed by atoms with van der Waals surface area (Å²) >= 11 is 0. The molecule has 29 heavy (non-hydrogen) atoms. The number of rotatable bonds is 4. The summed E-state index contributed by atoms with van der Waals surface area (Å²) in [6.07, 6.45) is 2.31. The van der Waals surface area contributed by atoms with Gasteiger partial charge in [-0.15, -0.1) is 0 Å². The van der Waals surface area contributed by atoms with E-state index < -0.39 is 5.91 Å². The number of pyridine rings is 1. The van der Waals surface area contributed by atoms with Gasteiger partial charge < -0.3 is 14.8 Å². The number of carbonyl (C=O) groups is 1. The molecule has 0 aliphatic carbocycles. The molecule has 0 spiro atoms. The standard InChI is InChI=1S/C23H22N2O4/c1-15-11-13-25(18-8-4-6-10-20(18)28-2)23(27)21(15)22(26)24-17-12-14-29-19-9-5-3-7-16(17)19/h3-11,13,17H,12,14H2,1-2H3,(H,24,26). The van der Waals surface area contributed by atoms with Gasteiger partial charge >= 0.3 is 0 Å². The monoisotopic (exact) mass is 390 g/mol. The number of fused-ring (bicyclic) bond motifs is 1. The Morgan fingerprint density at radius 2 is 1.90 bits per heavy atom. The van der Waals surface area contributed by atoms with Crippen LogP contribution >= 0.6 is 0 Å². The van der Waals surface area contributed by atoms with Gasteiger partial charge in [0.1, 0.15) is 17.1 Å². The Morgan fingerprint density at radius 3 is 2.72 bits per heavy atom. The average Bonchev–Trinajstić information content (AvgIpc) is 2.74. The number of aryl methyl sites for hydroxylation is 1. The van der Waals surface area contributed by atoms with Crippen molar-refractivity contribution in [3.63, 3.8) is 0 Å². The zero-order valence-corrected chi connectivity index (χ0v) is 16.3. The van der Waals surface area contributed by atoms with Crippen LogP contribution in [0.2, 0.25) is 0 Å². The van der Waals surface area contributed by atoms with Crippen molar-refractivity contribution in [3.05, 3.63) is 87.8 Å². The van der Waals surface area contributed by atoms with E-state index in [2.05, 4.69) is 5.32 Å². The Hall–Kier alpha value is -3.54. The van der Waals surface area contributed by atoms with Gasteiger partial charge in [-0.1, -0.05) is 30.3 Å². The molecular weight excluding hydrogens is 368 g/mol. The third-order valence-corrected chi connectivity index (χ3v) is 5.14. The maximum atomic E-state index is 13.2. The summed E-state index contributed by atoms with van der Waals surface area (Å²) < 4.78 is 12.5. The van der Waals surface area contributed by atoms with E-state index in [1.807, 2.05) is 36.4 Å². The normalized spacial score (nSPS) is 15.2. The lowest BCUT2D eigenvalue weighted by atomic mass is 10.00. The number of para-hydroxylation sites is 3. The lowest BCUT2D eigenvalue weighted by molar-refractivity contribution is 0.0922. The van der Waals surface area contributed by atoms with Crippen LogP contribution in [-0.2, 0) is 0 Å². The van der Waals surface area contributed by atoms with Crippen molar-refractivity contribution < 1.29 is 14.3 Å². The van der Waals surface area contributed by atoms with Crippen molar-refractivity contribution in [2.75, 3.05) is 13.7 Å². The Balaban J connectivity index is 1.71. The van der Waals surface area contributed by atoms with E-state index in [1.54, 1.807) is 38.4 Å². The number of benzene rings is 2. The molecule has 1 unspecified atom stereocenters. The maximum absolute atomic E-state index is 13.2. The molecule has 0 saturated heterocycles. The van der Waals surface area contributed by atoms with Gasteiger partial charge in [0.15, 0.2) is 0 Å².